The highest BCUT2D eigenvalue weighted by Crippen LogP contribution is 2.34. The minimum atomic E-state index is -1.15. The average Bonchev–Trinajstić information content (AvgIpc) is 2.58. The maximum atomic E-state index is 14.2. The molecule has 0 aliphatic heterocycles. The lowest BCUT2D eigenvalue weighted by Gasteiger charge is -2.19. The fourth-order valence-corrected chi connectivity index (χ4v) is 2.57. The summed E-state index contributed by atoms with van der Waals surface area (Å²) < 4.78 is 14.2. The normalized spacial score (nSPS) is 11.3. The molecule has 0 saturated carbocycles. The van der Waals surface area contributed by atoms with Gasteiger partial charge in [0.15, 0.2) is 0 Å². The van der Waals surface area contributed by atoms with Gasteiger partial charge >= 0.3 is 5.97 Å². The maximum absolute atomic E-state index is 14.2. The first-order valence-electron chi connectivity index (χ1n) is 7.69. The average molecular weight is 383 g/mol. The molecule has 0 saturated heterocycles. The highest BCUT2D eigenvalue weighted by molar-refractivity contribution is 5.85. The number of carboxylic acid groups (broad SMARTS) is 1. The number of amides is 1. The molecule has 8 heteroatoms. The number of carboxylic acids is 1. The van der Waals surface area contributed by atoms with Crippen molar-refractivity contribution in [3.63, 3.8) is 0 Å². The van der Waals surface area contributed by atoms with E-state index < -0.39 is 30.2 Å². The minimum absolute atomic E-state index is 0. The fraction of sp³-hybridized carbons (Fsp3) is 0.222. The smallest absolute Gasteiger partial charge is 0.305 e. The molecular formula is C18H20ClFN2O4. The molecule has 1 atom stereocenters. The number of rotatable bonds is 7. The summed E-state index contributed by atoms with van der Waals surface area (Å²) in [6, 6.07) is 10.7. The summed E-state index contributed by atoms with van der Waals surface area (Å²) in [5, 5.41) is 21.9. The second kappa shape index (κ2) is 9.74. The number of hydrogen-bond donors (Lipinski definition) is 4. The van der Waals surface area contributed by atoms with Gasteiger partial charge in [0, 0.05) is 17.2 Å². The van der Waals surface area contributed by atoms with Crippen LogP contribution in [0.1, 0.15) is 12.0 Å². The Morgan fingerprint density at radius 2 is 1.81 bits per heavy atom. The third-order valence-electron chi connectivity index (χ3n) is 3.73. The highest BCUT2D eigenvalue weighted by atomic mass is 35.5. The van der Waals surface area contributed by atoms with E-state index in [1.54, 1.807) is 24.3 Å². The second-order valence-electron chi connectivity index (χ2n) is 5.56. The molecule has 0 aliphatic rings. The SMILES string of the molecule is Cl.NCC(=O)NC(CC(=O)O)Cc1c(F)ccc(-c2ccccc2)c1O. The van der Waals surface area contributed by atoms with Crippen LogP contribution in [-0.2, 0) is 16.0 Å². The topological polar surface area (TPSA) is 113 Å². The molecule has 0 aromatic heterocycles. The van der Waals surface area contributed by atoms with E-state index in [9.17, 15) is 19.1 Å². The van der Waals surface area contributed by atoms with Crippen molar-refractivity contribution in [2.45, 2.75) is 18.9 Å². The quantitative estimate of drug-likeness (QED) is 0.585. The Morgan fingerprint density at radius 1 is 1.15 bits per heavy atom. The van der Waals surface area contributed by atoms with Gasteiger partial charge in [0.1, 0.15) is 11.6 Å². The summed E-state index contributed by atoms with van der Waals surface area (Å²) in [6.45, 7) is -0.311. The number of nitrogens with two attached hydrogens (primary N) is 1. The predicted molar refractivity (Wildman–Crippen MR) is 97.7 cm³/mol. The number of nitrogens with one attached hydrogen (secondary N) is 1. The first-order valence-corrected chi connectivity index (χ1v) is 7.69. The van der Waals surface area contributed by atoms with E-state index in [-0.39, 0.29) is 36.7 Å². The van der Waals surface area contributed by atoms with Crippen molar-refractivity contribution in [3.8, 4) is 16.9 Å². The van der Waals surface area contributed by atoms with Crippen molar-refractivity contribution < 1.29 is 24.2 Å². The molecule has 2 aromatic rings. The van der Waals surface area contributed by atoms with Crippen molar-refractivity contribution in [1.29, 1.82) is 0 Å². The van der Waals surface area contributed by atoms with Crippen LogP contribution in [-0.4, -0.2) is 34.7 Å². The van der Waals surface area contributed by atoms with Gasteiger partial charge in [-0.3, -0.25) is 9.59 Å². The summed E-state index contributed by atoms with van der Waals surface area (Å²) in [5.41, 5.74) is 6.29. The molecule has 0 aliphatic carbocycles. The Kier molecular flexibility index (Phi) is 8.02. The van der Waals surface area contributed by atoms with Crippen LogP contribution in [0, 0.1) is 5.82 Å². The Morgan fingerprint density at radius 3 is 2.38 bits per heavy atom. The zero-order valence-electron chi connectivity index (χ0n) is 13.8. The standard InChI is InChI=1S/C18H19FN2O4.ClH/c19-15-7-6-13(11-4-2-1-3-5-11)18(25)14(15)8-12(9-17(23)24)21-16(22)10-20;/h1-7,12,25H,8-10,20H2,(H,21,22)(H,23,24);1H. The zero-order chi connectivity index (χ0) is 18.4. The Bertz CT molecular complexity index is 771. The van der Waals surface area contributed by atoms with Gasteiger partial charge in [-0.25, -0.2) is 4.39 Å². The van der Waals surface area contributed by atoms with Gasteiger partial charge in [0.05, 0.1) is 13.0 Å². The molecule has 2 aromatic carbocycles. The second-order valence-corrected chi connectivity index (χ2v) is 5.56. The van der Waals surface area contributed by atoms with Gasteiger partial charge in [-0.05, 0) is 24.1 Å². The van der Waals surface area contributed by atoms with Crippen LogP contribution in [0.2, 0.25) is 0 Å². The lowest BCUT2D eigenvalue weighted by atomic mass is 9.96. The molecule has 0 bridgehead atoms. The molecule has 1 unspecified atom stereocenters. The first kappa shape index (κ1) is 21.4. The van der Waals surface area contributed by atoms with Crippen molar-refractivity contribution >= 4 is 24.3 Å². The molecular weight excluding hydrogens is 363 g/mol. The molecule has 5 N–H and O–H groups in total. The van der Waals surface area contributed by atoms with Crippen molar-refractivity contribution in [2.24, 2.45) is 5.73 Å². The van der Waals surface area contributed by atoms with Crippen LogP contribution in [0.5, 0.6) is 5.75 Å². The number of carbonyl (C=O) groups is 2. The van der Waals surface area contributed by atoms with E-state index in [4.69, 9.17) is 10.8 Å². The van der Waals surface area contributed by atoms with Crippen LogP contribution in [0.15, 0.2) is 42.5 Å². The molecule has 0 spiro atoms. The predicted octanol–water partition coefficient (Wildman–Crippen LogP) is 2.08. The van der Waals surface area contributed by atoms with Gasteiger partial charge < -0.3 is 21.3 Å². The van der Waals surface area contributed by atoms with Gasteiger partial charge in [-0.2, -0.15) is 0 Å². The lowest BCUT2D eigenvalue weighted by molar-refractivity contribution is -0.137. The highest BCUT2D eigenvalue weighted by Gasteiger charge is 2.21. The molecule has 6 nitrogen and oxygen atoms in total. The van der Waals surface area contributed by atoms with Crippen LogP contribution in [0.3, 0.4) is 0 Å². The van der Waals surface area contributed by atoms with Gasteiger partial charge in [-0.15, -0.1) is 12.4 Å². The van der Waals surface area contributed by atoms with E-state index in [2.05, 4.69) is 5.32 Å². The van der Waals surface area contributed by atoms with Crippen molar-refractivity contribution in [2.75, 3.05) is 6.54 Å². The van der Waals surface area contributed by atoms with Gasteiger partial charge in [-0.1, -0.05) is 30.3 Å². The Hall–Kier alpha value is -2.64. The summed E-state index contributed by atoms with van der Waals surface area (Å²) in [6.07, 6.45) is -0.587. The number of carbonyl (C=O) groups excluding carboxylic acids is 1. The molecule has 140 valence electrons. The zero-order valence-corrected chi connectivity index (χ0v) is 14.6. The van der Waals surface area contributed by atoms with Crippen LogP contribution in [0.4, 0.5) is 4.39 Å². The van der Waals surface area contributed by atoms with Crippen LogP contribution >= 0.6 is 12.4 Å². The Labute approximate surface area is 156 Å². The van der Waals surface area contributed by atoms with Gasteiger partial charge in [0.2, 0.25) is 5.91 Å². The van der Waals surface area contributed by atoms with E-state index in [0.29, 0.717) is 11.1 Å². The van der Waals surface area contributed by atoms with Gasteiger partial charge in [0.25, 0.3) is 0 Å². The van der Waals surface area contributed by atoms with Crippen molar-refractivity contribution in [3.05, 3.63) is 53.8 Å². The maximum Gasteiger partial charge on any atom is 0.305 e. The number of phenols is 1. The number of hydrogen-bond acceptors (Lipinski definition) is 4. The summed E-state index contributed by atoms with van der Waals surface area (Å²) in [5.74, 6) is -2.65. The number of aromatic hydroxyl groups is 1. The first-order chi connectivity index (χ1) is 11.9. The summed E-state index contributed by atoms with van der Waals surface area (Å²) in [7, 11) is 0. The molecule has 2 rings (SSSR count). The molecule has 26 heavy (non-hydrogen) atoms. The van der Waals surface area contributed by atoms with E-state index >= 15 is 0 Å². The largest absolute Gasteiger partial charge is 0.507 e. The monoisotopic (exact) mass is 382 g/mol. The van der Waals surface area contributed by atoms with Crippen LogP contribution in [0.25, 0.3) is 11.1 Å². The molecule has 1 amide bonds. The summed E-state index contributed by atoms with van der Waals surface area (Å²) >= 11 is 0. The third-order valence-corrected chi connectivity index (χ3v) is 3.73. The fourth-order valence-electron chi connectivity index (χ4n) is 2.57. The van der Waals surface area contributed by atoms with E-state index in [0.717, 1.165) is 0 Å². The number of aliphatic carboxylic acids is 1. The van der Waals surface area contributed by atoms with E-state index in [1.807, 2.05) is 6.07 Å². The summed E-state index contributed by atoms with van der Waals surface area (Å²) in [4.78, 5) is 22.5. The third kappa shape index (κ3) is 5.44. The van der Waals surface area contributed by atoms with E-state index in [1.165, 1.54) is 12.1 Å². The van der Waals surface area contributed by atoms with Crippen LogP contribution < -0.4 is 11.1 Å². The lowest BCUT2D eigenvalue weighted by Crippen LogP contribution is -2.41. The minimum Gasteiger partial charge on any atom is -0.507 e. The Balaban J connectivity index is 0.00000338. The molecule has 0 radical (unpaired) electrons. The number of benzene rings is 2. The number of halogens is 2. The molecule has 0 heterocycles. The molecule has 0 fully saturated rings. The number of phenolic OH excluding ortho intramolecular Hbond substituents is 1. The van der Waals surface area contributed by atoms with Crippen molar-refractivity contribution in [1.82, 2.24) is 5.32 Å².